The van der Waals surface area contributed by atoms with Crippen molar-refractivity contribution in [3.05, 3.63) is 26.9 Å². The van der Waals surface area contributed by atoms with E-state index in [-0.39, 0.29) is 11.2 Å². The third kappa shape index (κ3) is 2.24. The minimum atomic E-state index is -0.321. The number of H-pyrrole nitrogens is 1. The third-order valence-electron chi connectivity index (χ3n) is 1.66. The van der Waals surface area contributed by atoms with Crippen LogP contribution >= 0.6 is 11.8 Å². The maximum atomic E-state index is 11.3. The molecule has 1 aromatic heterocycles. The fourth-order valence-corrected chi connectivity index (χ4v) is 1.45. The van der Waals surface area contributed by atoms with E-state index in [9.17, 15) is 9.59 Å². The molecule has 0 fully saturated rings. The Morgan fingerprint density at radius 3 is 2.69 bits per heavy atom. The van der Waals surface area contributed by atoms with Crippen LogP contribution in [0.5, 0.6) is 0 Å². The molecular formula is C8H12N2O2S. The first-order chi connectivity index (χ1) is 6.19. The molecule has 0 bridgehead atoms. The first-order valence-corrected chi connectivity index (χ1v) is 5.29. The molecule has 72 valence electrons. The van der Waals surface area contributed by atoms with Crippen LogP contribution in [0.1, 0.15) is 13.3 Å². The quantitative estimate of drug-likeness (QED) is 0.576. The van der Waals surface area contributed by atoms with Crippen molar-refractivity contribution in [2.75, 3.05) is 6.26 Å². The molecule has 0 saturated heterocycles. The SMILES string of the molecule is CCCn1c(=O)cc(SC)[nH]c1=O. The van der Waals surface area contributed by atoms with E-state index in [1.807, 2.05) is 13.2 Å². The lowest BCUT2D eigenvalue weighted by Gasteiger charge is -2.02. The van der Waals surface area contributed by atoms with Crippen molar-refractivity contribution in [1.29, 1.82) is 0 Å². The number of hydrogen-bond acceptors (Lipinski definition) is 3. The van der Waals surface area contributed by atoms with Crippen molar-refractivity contribution >= 4 is 11.8 Å². The Kier molecular flexibility index (Phi) is 3.36. The first kappa shape index (κ1) is 10.1. The Morgan fingerprint density at radius 2 is 2.23 bits per heavy atom. The van der Waals surface area contributed by atoms with Gasteiger partial charge in [0.1, 0.15) is 0 Å². The largest absolute Gasteiger partial charge is 0.329 e. The molecule has 1 aromatic rings. The highest BCUT2D eigenvalue weighted by atomic mass is 32.2. The molecule has 0 aliphatic rings. The van der Waals surface area contributed by atoms with Crippen molar-refractivity contribution in [3.8, 4) is 0 Å². The minimum Gasteiger partial charge on any atom is -0.302 e. The van der Waals surface area contributed by atoms with Crippen molar-refractivity contribution in [3.63, 3.8) is 0 Å². The molecule has 0 aromatic carbocycles. The third-order valence-corrected chi connectivity index (χ3v) is 2.32. The minimum absolute atomic E-state index is 0.227. The summed E-state index contributed by atoms with van der Waals surface area (Å²) < 4.78 is 1.21. The molecule has 4 nitrogen and oxygen atoms in total. The summed E-state index contributed by atoms with van der Waals surface area (Å²) in [5.74, 6) is 0. The van der Waals surface area contributed by atoms with Gasteiger partial charge in [-0.2, -0.15) is 0 Å². The van der Waals surface area contributed by atoms with Crippen molar-refractivity contribution < 1.29 is 0 Å². The number of aromatic nitrogens is 2. The van der Waals surface area contributed by atoms with Crippen molar-refractivity contribution in [2.45, 2.75) is 24.9 Å². The number of hydrogen-bond donors (Lipinski definition) is 1. The Bertz CT molecular complexity index is 363. The van der Waals surface area contributed by atoms with E-state index in [4.69, 9.17) is 0 Å². The van der Waals surface area contributed by atoms with E-state index in [1.54, 1.807) is 0 Å². The van der Waals surface area contributed by atoms with Gasteiger partial charge in [0.25, 0.3) is 5.56 Å². The second-order valence-electron chi connectivity index (χ2n) is 2.63. The summed E-state index contributed by atoms with van der Waals surface area (Å²) in [6.07, 6.45) is 2.59. The summed E-state index contributed by atoms with van der Waals surface area (Å²) in [5, 5.41) is 0.613. The molecule has 0 unspecified atom stereocenters. The molecule has 0 aliphatic carbocycles. The fourth-order valence-electron chi connectivity index (χ4n) is 1.04. The monoisotopic (exact) mass is 200 g/mol. The molecule has 0 radical (unpaired) electrons. The Balaban J connectivity index is 3.24. The number of rotatable bonds is 3. The second kappa shape index (κ2) is 4.32. The molecule has 0 amide bonds. The smallest absolute Gasteiger partial charge is 0.302 e. The van der Waals surface area contributed by atoms with Crippen LogP contribution in [0.15, 0.2) is 20.7 Å². The summed E-state index contributed by atoms with van der Waals surface area (Å²) in [7, 11) is 0. The topological polar surface area (TPSA) is 54.9 Å². The van der Waals surface area contributed by atoms with Crippen LogP contribution < -0.4 is 11.2 Å². The normalized spacial score (nSPS) is 10.3. The van der Waals surface area contributed by atoms with Gasteiger partial charge in [-0.05, 0) is 12.7 Å². The summed E-state index contributed by atoms with van der Waals surface area (Å²) in [6.45, 7) is 2.40. The number of aromatic amines is 1. The van der Waals surface area contributed by atoms with E-state index in [2.05, 4.69) is 4.98 Å². The summed E-state index contributed by atoms with van der Waals surface area (Å²) in [5.41, 5.74) is -0.548. The van der Waals surface area contributed by atoms with E-state index < -0.39 is 0 Å². The number of nitrogens with one attached hydrogen (secondary N) is 1. The lowest BCUT2D eigenvalue weighted by atomic mass is 10.5. The highest BCUT2D eigenvalue weighted by Gasteiger charge is 2.01. The lowest BCUT2D eigenvalue weighted by molar-refractivity contribution is 0.605. The number of nitrogens with zero attached hydrogens (tertiary/aromatic N) is 1. The van der Waals surface area contributed by atoms with E-state index in [0.29, 0.717) is 11.6 Å². The Labute approximate surface area is 80.0 Å². The van der Waals surface area contributed by atoms with Gasteiger partial charge in [-0.1, -0.05) is 6.92 Å². The standard InChI is InChI=1S/C8H12N2O2S/c1-3-4-10-7(11)5-6(13-2)9-8(10)12/h5H,3-4H2,1-2H3,(H,9,12). The average molecular weight is 200 g/mol. The van der Waals surface area contributed by atoms with Gasteiger partial charge in [0.15, 0.2) is 0 Å². The molecule has 0 spiro atoms. The molecular weight excluding hydrogens is 188 g/mol. The van der Waals surface area contributed by atoms with Gasteiger partial charge in [0.05, 0.1) is 5.03 Å². The Morgan fingerprint density at radius 1 is 1.54 bits per heavy atom. The molecule has 5 heteroatoms. The van der Waals surface area contributed by atoms with Crippen LogP contribution in [0.3, 0.4) is 0 Å². The van der Waals surface area contributed by atoms with E-state index in [0.717, 1.165) is 6.42 Å². The highest BCUT2D eigenvalue weighted by molar-refractivity contribution is 7.98. The van der Waals surface area contributed by atoms with E-state index >= 15 is 0 Å². The van der Waals surface area contributed by atoms with Crippen LogP contribution in [0.25, 0.3) is 0 Å². The molecule has 1 rings (SSSR count). The zero-order chi connectivity index (χ0) is 9.84. The van der Waals surface area contributed by atoms with Gasteiger partial charge in [-0.3, -0.25) is 9.36 Å². The van der Waals surface area contributed by atoms with Gasteiger partial charge in [-0.15, -0.1) is 11.8 Å². The molecule has 1 N–H and O–H groups in total. The Hall–Kier alpha value is -0.970. The fraction of sp³-hybridized carbons (Fsp3) is 0.500. The van der Waals surface area contributed by atoms with Gasteiger partial charge in [-0.25, -0.2) is 4.79 Å². The van der Waals surface area contributed by atoms with Crippen molar-refractivity contribution in [2.24, 2.45) is 0 Å². The van der Waals surface area contributed by atoms with Crippen LogP contribution in [0, 0.1) is 0 Å². The average Bonchev–Trinajstić information content (AvgIpc) is 2.11. The lowest BCUT2D eigenvalue weighted by Crippen LogP contribution is -2.34. The maximum Gasteiger partial charge on any atom is 0.329 e. The molecule has 0 aliphatic heterocycles. The summed E-state index contributed by atoms with van der Waals surface area (Å²) in [4.78, 5) is 25.3. The summed E-state index contributed by atoms with van der Waals surface area (Å²) >= 11 is 1.36. The van der Waals surface area contributed by atoms with Crippen LogP contribution in [0.2, 0.25) is 0 Å². The summed E-state index contributed by atoms with van der Waals surface area (Å²) in [6, 6.07) is 1.45. The number of thioether (sulfide) groups is 1. The molecule has 0 atom stereocenters. The second-order valence-corrected chi connectivity index (χ2v) is 3.48. The molecule has 13 heavy (non-hydrogen) atoms. The van der Waals surface area contributed by atoms with Crippen LogP contribution in [-0.2, 0) is 6.54 Å². The van der Waals surface area contributed by atoms with E-state index in [1.165, 1.54) is 22.4 Å². The van der Waals surface area contributed by atoms with Crippen LogP contribution in [-0.4, -0.2) is 15.8 Å². The van der Waals surface area contributed by atoms with Gasteiger partial charge < -0.3 is 4.98 Å². The zero-order valence-corrected chi connectivity index (χ0v) is 8.48. The molecule has 1 heterocycles. The zero-order valence-electron chi connectivity index (χ0n) is 7.66. The predicted octanol–water partition coefficient (Wildman–Crippen LogP) is 0.668. The molecule has 0 saturated carbocycles. The van der Waals surface area contributed by atoms with Gasteiger partial charge in [0, 0.05) is 12.6 Å². The maximum absolute atomic E-state index is 11.3. The first-order valence-electron chi connectivity index (χ1n) is 4.07. The van der Waals surface area contributed by atoms with Crippen LogP contribution in [0.4, 0.5) is 0 Å². The van der Waals surface area contributed by atoms with Crippen molar-refractivity contribution in [1.82, 2.24) is 9.55 Å². The predicted molar refractivity (Wildman–Crippen MR) is 53.4 cm³/mol. The van der Waals surface area contributed by atoms with Gasteiger partial charge >= 0.3 is 5.69 Å². The highest BCUT2D eigenvalue weighted by Crippen LogP contribution is 2.04. The van der Waals surface area contributed by atoms with Gasteiger partial charge in [0.2, 0.25) is 0 Å².